The minimum atomic E-state index is -0.630. The van der Waals surface area contributed by atoms with E-state index in [1.165, 1.54) is 0 Å². The molecule has 8 heteroatoms. The Hall–Kier alpha value is -2.44. The van der Waals surface area contributed by atoms with Gasteiger partial charge in [0, 0.05) is 34.6 Å². The summed E-state index contributed by atoms with van der Waals surface area (Å²) in [5, 5.41) is 3.83. The number of nitrogens with one attached hydrogen (secondary N) is 1. The number of rotatable bonds is 12. The van der Waals surface area contributed by atoms with E-state index in [0.29, 0.717) is 40.8 Å². The van der Waals surface area contributed by atoms with Gasteiger partial charge >= 0.3 is 0 Å². The largest absolute Gasteiger partial charge is 0.497 e. The number of nitrogens with zero attached hydrogens (tertiary/aromatic N) is 1. The number of carbonyl (C=O) groups is 2. The van der Waals surface area contributed by atoms with Gasteiger partial charge in [0.2, 0.25) is 11.8 Å². The summed E-state index contributed by atoms with van der Waals surface area (Å²) < 4.78 is 10.9. The summed E-state index contributed by atoms with van der Waals surface area (Å²) in [6.45, 7) is 6.18. The minimum absolute atomic E-state index is 0.0368. The molecule has 0 fully saturated rings. The van der Waals surface area contributed by atoms with E-state index in [1.807, 2.05) is 45.0 Å². The van der Waals surface area contributed by atoms with Crippen molar-refractivity contribution >= 4 is 35.0 Å². The average molecular weight is 495 g/mol. The van der Waals surface area contributed by atoms with Gasteiger partial charge in [-0.15, -0.1) is 0 Å². The van der Waals surface area contributed by atoms with Crippen molar-refractivity contribution in [2.24, 2.45) is 0 Å². The van der Waals surface area contributed by atoms with Crippen molar-refractivity contribution in [1.82, 2.24) is 10.2 Å². The molecule has 0 spiro atoms. The van der Waals surface area contributed by atoms with Gasteiger partial charge in [-0.1, -0.05) is 36.2 Å². The Labute approximate surface area is 206 Å². The SMILES string of the molecule is CC[C@H](C(=O)NC(C)C)N(Cc1c(Cl)cccc1Cl)C(=O)CCCOc1ccc(OC)cc1. The summed E-state index contributed by atoms with van der Waals surface area (Å²) in [7, 11) is 1.61. The van der Waals surface area contributed by atoms with E-state index in [2.05, 4.69) is 5.32 Å². The zero-order valence-electron chi connectivity index (χ0n) is 19.6. The number of halogens is 2. The molecule has 180 valence electrons. The summed E-state index contributed by atoms with van der Waals surface area (Å²) in [5.41, 5.74) is 0.625. The van der Waals surface area contributed by atoms with E-state index in [4.69, 9.17) is 32.7 Å². The third-order valence-corrected chi connectivity index (χ3v) is 5.78. The average Bonchev–Trinajstić information content (AvgIpc) is 2.78. The summed E-state index contributed by atoms with van der Waals surface area (Å²) in [6.07, 6.45) is 1.19. The molecule has 2 rings (SSSR count). The van der Waals surface area contributed by atoms with Crippen LogP contribution in [0, 0.1) is 0 Å². The van der Waals surface area contributed by atoms with E-state index in [0.717, 1.165) is 5.75 Å². The van der Waals surface area contributed by atoms with Crippen LogP contribution in [0.5, 0.6) is 11.5 Å². The summed E-state index contributed by atoms with van der Waals surface area (Å²) in [6, 6.07) is 11.8. The van der Waals surface area contributed by atoms with Gasteiger partial charge in [-0.25, -0.2) is 0 Å². The highest BCUT2D eigenvalue weighted by Gasteiger charge is 2.29. The first-order valence-electron chi connectivity index (χ1n) is 11.1. The van der Waals surface area contributed by atoms with Crippen LogP contribution in [0.15, 0.2) is 42.5 Å². The highest BCUT2D eigenvalue weighted by molar-refractivity contribution is 6.36. The fourth-order valence-corrected chi connectivity index (χ4v) is 3.90. The third kappa shape index (κ3) is 8.13. The van der Waals surface area contributed by atoms with Gasteiger partial charge in [-0.3, -0.25) is 9.59 Å². The Balaban J connectivity index is 2.10. The van der Waals surface area contributed by atoms with E-state index in [1.54, 1.807) is 30.2 Å². The van der Waals surface area contributed by atoms with Crippen molar-refractivity contribution in [1.29, 1.82) is 0 Å². The highest BCUT2D eigenvalue weighted by atomic mass is 35.5. The third-order valence-electron chi connectivity index (χ3n) is 5.07. The second-order valence-electron chi connectivity index (χ2n) is 7.94. The fourth-order valence-electron chi connectivity index (χ4n) is 3.38. The summed E-state index contributed by atoms with van der Waals surface area (Å²) in [5.74, 6) is 1.09. The Morgan fingerprint density at radius 3 is 2.18 bits per heavy atom. The normalized spacial score (nSPS) is 11.7. The number of benzene rings is 2. The molecule has 0 radical (unpaired) electrons. The monoisotopic (exact) mass is 494 g/mol. The molecule has 2 amide bonds. The van der Waals surface area contributed by atoms with Crippen molar-refractivity contribution in [2.45, 2.75) is 58.7 Å². The first-order chi connectivity index (χ1) is 15.8. The Morgan fingerprint density at radius 1 is 1.03 bits per heavy atom. The van der Waals surface area contributed by atoms with Gasteiger partial charge < -0.3 is 19.7 Å². The lowest BCUT2D eigenvalue weighted by atomic mass is 10.1. The second-order valence-corrected chi connectivity index (χ2v) is 8.75. The topological polar surface area (TPSA) is 67.9 Å². The van der Waals surface area contributed by atoms with Crippen molar-refractivity contribution in [3.63, 3.8) is 0 Å². The lowest BCUT2D eigenvalue weighted by molar-refractivity contribution is -0.141. The van der Waals surface area contributed by atoms with Crippen LogP contribution < -0.4 is 14.8 Å². The molecule has 0 aliphatic carbocycles. The maximum absolute atomic E-state index is 13.2. The number of carbonyl (C=O) groups excluding carboxylic acids is 2. The number of amides is 2. The lowest BCUT2D eigenvalue weighted by Gasteiger charge is -2.31. The van der Waals surface area contributed by atoms with Gasteiger partial charge in [0.1, 0.15) is 17.5 Å². The molecule has 0 aromatic heterocycles. The molecule has 0 bridgehead atoms. The Bertz CT molecular complexity index is 899. The second kappa shape index (κ2) is 13.3. The van der Waals surface area contributed by atoms with Crippen molar-refractivity contribution in [3.05, 3.63) is 58.1 Å². The number of hydrogen-bond acceptors (Lipinski definition) is 4. The van der Waals surface area contributed by atoms with Crippen molar-refractivity contribution in [2.75, 3.05) is 13.7 Å². The zero-order chi connectivity index (χ0) is 24.4. The molecule has 0 aliphatic rings. The molecular formula is C25H32Cl2N2O4. The van der Waals surface area contributed by atoms with Crippen LogP contribution in [0.25, 0.3) is 0 Å². The first-order valence-corrected chi connectivity index (χ1v) is 11.8. The van der Waals surface area contributed by atoms with Crippen molar-refractivity contribution < 1.29 is 19.1 Å². The molecule has 2 aromatic rings. The first kappa shape index (κ1) is 26.8. The number of ether oxygens (including phenoxy) is 2. The molecule has 0 heterocycles. The summed E-state index contributed by atoms with van der Waals surface area (Å²) >= 11 is 12.7. The van der Waals surface area contributed by atoms with E-state index >= 15 is 0 Å². The van der Waals surface area contributed by atoms with Gasteiger partial charge in [-0.2, -0.15) is 0 Å². The molecule has 1 N–H and O–H groups in total. The quantitative estimate of drug-likeness (QED) is 0.396. The predicted molar refractivity (Wildman–Crippen MR) is 132 cm³/mol. The van der Waals surface area contributed by atoms with E-state index in [-0.39, 0.29) is 30.8 Å². The molecule has 1 atom stereocenters. The maximum Gasteiger partial charge on any atom is 0.243 e. The predicted octanol–water partition coefficient (Wildman–Crippen LogP) is 5.49. The van der Waals surface area contributed by atoms with Gasteiger partial charge in [0.15, 0.2) is 0 Å². The van der Waals surface area contributed by atoms with Crippen molar-refractivity contribution in [3.8, 4) is 11.5 Å². The van der Waals surface area contributed by atoms with Crippen LogP contribution in [0.2, 0.25) is 10.0 Å². The molecule has 0 unspecified atom stereocenters. The van der Waals surface area contributed by atoms with Gasteiger partial charge in [-0.05, 0) is 63.1 Å². The van der Waals surface area contributed by atoms with E-state index < -0.39 is 6.04 Å². The minimum Gasteiger partial charge on any atom is -0.497 e. The molecule has 33 heavy (non-hydrogen) atoms. The lowest BCUT2D eigenvalue weighted by Crippen LogP contribution is -2.50. The van der Waals surface area contributed by atoms with Crippen LogP contribution >= 0.6 is 23.2 Å². The van der Waals surface area contributed by atoms with Gasteiger partial charge in [0.05, 0.1) is 13.7 Å². The molecule has 0 saturated heterocycles. The van der Waals surface area contributed by atoms with Crippen LogP contribution in [0.3, 0.4) is 0 Å². The molecule has 0 saturated carbocycles. The van der Waals surface area contributed by atoms with Crippen LogP contribution in [0.1, 0.15) is 45.6 Å². The number of hydrogen-bond donors (Lipinski definition) is 1. The number of methoxy groups -OCH3 is 1. The van der Waals surface area contributed by atoms with Crippen LogP contribution in [-0.4, -0.2) is 42.5 Å². The smallest absolute Gasteiger partial charge is 0.243 e. The van der Waals surface area contributed by atoms with Crippen LogP contribution in [0.4, 0.5) is 0 Å². The van der Waals surface area contributed by atoms with Gasteiger partial charge in [0.25, 0.3) is 0 Å². The molecular weight excluding hydrogens is 463 g/mol. The van der Waals surface area contributed by atoms with Crippen LogP contribution in [-0.2, 0) is 16.1 Å². The molecule has 6 nitrogen and oxygen atoms in total. The Morgan fingerprint density at radius 2 is 1.64 bits per heavy atom. The summed E-state index contributed by atoms with van der Waals surface area (Å²) in [4.78, 5) is 27.7. The fraction of sp³-hybridized carbons (Fsp3) is 0.440. The Kier molecular flexibility index (Phi) is 10.8. The zero-order valence-corrected chi connectivity index (χ0v) is 21.1. The highest BCUT2D eigenvalue weighted by Crippen LogP contribution is 2.27. The maximum atomic E-state index is 13.2. The standard InChI is InChI=1S/C25H32Cl2N2O4/c1-5-23(25(31)28-17(2)3)29(16-20-21(26)8-6-9-22(20)27)24(30)10-7-15-33-19-13-11-18(32-4)12-14-19/h6,8-9,11-14,17,23H,5,7,10,15-16H2,1-4H3,(H,28,31)/t23-/m1/s1. The van der Waals surface area contributed by atoms with E-state index in [9.17, 15) is 9.59 Å². The molecule has 2 aromatic carbocycles. The molecule has 0 aliphatic heterocycles.